The number of amides is 1. The highest BCUT2D eigenvalue weighted by molar-refractivity contribution is 7.16. The Morgan fingerprint density at radius 2 is 1.84 bits per heavy atom. The molecule has 5 rings (SSSR count). The molecule has 190 valence electrons. The maximum Gasteiger partial charge on any atom is 0.325 e. The first-order valence-corrected chi connectivity index (χ1v) is 13.6. The van der Waals surface area contributed by atoms with E-state index in [9.17, 15) is 9.59 Å². The lowest BCUT2D eigenvalue weighted by Gasteiger charge is -2.12. The number of carbonyl (C=O) groups is 2. The Hall–Kier alpha value is -3.71. The first-order valence-electron chi connectivity index (χ1n) is 12.8. The quantitative estimate of drug-likeness (QED) is 0.227. The van der Waals surface area contributed by atoms with Crippen molar-refractivity contribution >= 4 is 45.3 Å². The Kier molecular flexibility index (Phi) is 7.51. The van der Waals surface area contributed by atoms with Crippen molar-refractivity contribution in [3.05, 3.63) is 87.4 Å². The SMILES string of the molecule is CCOC(=O)Cn1c(C)c(C=Nc2sc3c(c2C(=O)NCc2ccccc2)CCCC3)c2ccccc21. The second-order valence-electron chi connectivity index (χ2n) is 9.22. The van der Waals surface area contributed by atoms with Crippen LogP contribution in [0, 0.1) is 6.92 Å². The maximum absolute atomic E-state index is 13.4. The number of para-hydroxylation sites is 1. The van der Waals surface area contributed by atoms with Crippen LogP contribution >= 0.6 is 11.3 Å². The normalized spacial score (nSPS) is 13.1. The van der Waals surface area contributed by atoms with E-state index < -0.39 is 0 Å². The van der Waals surface area contributed by atoms with Crippen LogP contribution in [0.2, 0.25) is 0 Å². The number of aryl methyl sites for hydroxylation is 1. The minimum absolute atomic E-state index is 0.0723. The van der Waals surface area contributed by atoms with Gasteiger partial charge >= 0.3 is 5.97 Å². The standard InChI is InChI=1S/C30H31N3O3S/c1-3-36-27(34)19-33-20(2)24(22-13-7-9-15-25(22)33)18-32-30-28(23-14-8-10-16-26(23)37-30)29(35)31-17-21-11-5-4-6-12-21/h4-7,9,11-13,15,18H,3,8,10,14,16-17,19H2,1-2H3,(H,31,35). The number of hydrogen-bond donors (Lipinski definition) is 1. The molecule has 0 aliphatic heterocycles. The smallest absolute Gasteiger partial charge is 0.325 e. The Morgan fingerprint density at radius 1 is 1.08 bits per heavy atom. The van der Waals surface area contributed by atoms with Crippen LogP contribution in [0.4, 0.5) is 5.00 Å². The molecule has 1 aliphatic rings. The monoisotopic (exact) mass is 513 g/mol. The van der Waals surface area contributed by atoms with Crippen molar-refractivity contribution in [1.82, 2.24) is 9.88 Å². The van der Waals surface area contributed by atoms with Crippen LogP contribution in [0.1, 0.15) is 57.4 Å². The van der Waals surface area contributed by atoms with Gasteiger partial charge in [-0.3, -0.25) is 9.59 Å². The van der Waals surface area contributed by atoms with E-state index in [-0.39, 0.29) is 18.4 Å². The van der Waals surface area contributed by atoms with Crippen LogP contribution in [-0.4, -0.2) is 29.3 Å². The predicted molar refractivity (Wildman–Crippen MR) is 149 cm³/mol. The van der Waals surface area contributed by atoms with Crippen molar-refractivity contribution in [3.8, 4) is 0 Å². The zero-order valence-corrected chi connectivity index (χ0v) is 22.1. The number of ether oxygens (including phenoxy) is 1. The molecule has 0 fully saturated rings. The highest BCUT2D eigenvalue weighted by Gasteiger charge is 2.25. The molecule has 1 amide bonds. The van der Waals surface area contributed by atoms with Gasteiger partial charge in [-0.15, -0.1) is 11.3 Å². The van der Waals surface area contributed by atoms with E-state index in [1.54, 1.807) is 11.3 Å². The van der Waals surface area contributed by atoms with Gasteiger partial charge < -0.3 is 14.6 Å². The molecule has 7 heteroatoms. The van der Waals surface area contributed by atoms with Crippen molar-refractivity contribution in [2.75, 3.05) is 6.61 Å². The molecular weight excluding hydrogens is 482 g/mol. The molecule has 2 aromatic carbocycles. The van der Waals surface area contributed by atoms with Gasteiger partial charge in [0.2, 0.25) is 0 Å². The molecule has 0 atom stereocenters. The number of fused-ring (bicyclic) bond motifs is 2. The number of nitrogens with zero attached hydrogens (tertiary/aromatic N) is 2. The summed E-state index contributed by atoms with van der Waals surface area (Å²) in [5.74, 6) is -0.338. The number of rotatable bonds is 8. The zero-order chi connectivity index (χ0) is 25.8. The molecule has 0 radical (unpaired) electrons. The Labute approximate surface area is 221 Å². The van der Waals surface area contributed by atoms with Gasteiger partial charge in [0.15, 0.2) is 0 Å². The lowest BCUT2D eigenvalue weighted by atomic mass is 9.95. The van der Waals surface area contributed by atoms with E-state index >= 15 is 0 Å². The largest absolute Gasteiger partial charge is 0.465 e. The highest BCUT2D eigenvalue weighted by atomic mass is 32.1. The van der Waals surface area contributed by atoms with E-state index in [0.717, 1.165) is 64.0 Å². The number of hydrogen-bond acceptors (Lipinski definition) is 5. The average Bonchev–Trinajstić information content (AvgIpc) is 3.41. The maximum atomic E-state index is 13.4. The number of benzene rings is 2. The van der Waals surface area contributed by atoms with Crippen LogP contribution in [0.3, 0.4) is 0 Å². The number of thiophene rings is 1. The summed E-state index contributed by atoms with van der Waals surface area (Å²) in [4.78, 5) is 31.9. The fourth-order valence-electron chi connectivity index (χ4n) is 5.03. The summed E-state index contributed by atoms with van der Waals surface area (Å²) in [6.07, 6.45) is 5.98. The summed E-state index contributed by atoms with van der Waals surface area (Å²) >= 11 is 1.63. The number of esters is 1. The van der Waals surface area contributed by atoms with Gasteiger partial charge in [-0.05, 0) is 56.7 Å². The Balaban J connectivity index is 1.49. The molecule has 37 heavy (non-hydrogen) atoms. The van der Waals surface area contributed by atoms with Crippen LogP contribution in [0.5, 0.6) is 0 Å². The summed E-state index contributed by atoms with van der Waals surface area (Å²) in [5.41, 5.74) is 5.77. The minimum Gasteiger partial charge on any atom is -0.465 e. The van der Waals surface area contributed by atoms with Crippen molar-refractivity contribution in [2.24, 2.45) is 4.99 Å². The van der Waals surface area contributed by atoms with E-state index in [1.807, 2.05) is 79.2 Å². The van der Waals surface area contributed by atoms with Gasteiger partial charge in [0.25, 0.3) is 5.91 Å². The lowest BCUT2D eigenvalue weighted by molar-refractivity contribution is -0.143. The third-order valence-corrected chi connectivity index (χ3v) is 8.06. The summed E-state index contributed by atoms with van der Waals surface area (Å²) in [6.45, 7) is 4.78. The molecule has 4 aromatic rings. The second kappa shape index (κ2) is 11.1. The molecule has 0 unspecified atom stereocenters. The number of aliphatic imine (C=N–C) groups is 1. The molecule has 0 saturated heterocycles. The van der Waals surface area contributed by atoms with E-state index in [4.69, 9.17) is 9.73 Å². The molecule has 0 bridgehead atoms. The van der Waals surface area contributed by atoms with Crippen molar-refractivity contribution in [3.63, 3.8) is 0 Å². The first-order chi connectivity index (χ1) is 18.1. The summed E-state index contributed by atoms with van der Waals surface area (Å²) in [6, 6.07) is 17.9. The number of aromatic nitrogens is 1. The fourth-order valence-corrected chi connectivity index (χ4v) is 6.26. The van der Waals surface area contributed by atoms with Gasteiger partial charge in [0, 0.05) is 39.8 Å². The Bertz CT molecular complexity index is 1470. The molecule has 2 aromatic heterocycles. The van der Waals surface area contributed by atoms with Gasteiger partial charge in [-0.1, -0.05) is 48.5 Å². The molecule has 6 nitrogen and oxygen atoms in total. The summed E-state index contributed by atoms with van der Waals surface area (Å²) in [7, 11) is 0. The topological polar surface area (TPSA) is 72.7 Å². The van der Waals surface area contributed by atoms with Crippen LogP contribution in [-0.2, 0) is 35.5 Å². The Morgan fingerprint density at radius 3 is 2.65 bits per heavy atom. The summed E-state index contributed by atoms with van der Waals surface area (Å²) < 4.78 is 7.17. The van der Waals surface area contributed by atoms with Crippen molar-refractivity contribution in [1.29, 1.82) is 0 Å². The number of nitrogens with one attached hydrogen (secondary N) is 1. The molecule has 2 heterocycles. The molecule has 0 spiro atoms. The van der Waals surface area contributed by atoms with Crippen LogP contribution in [0.15, 0.2) is 59.6 Å². The number of carbonyl (C=O) groups excluding carboxylic acids is 2. The first kappa shape index (κ1) is 25.0. The highest BCUT2D eigenvalue weighted by Crippen LogP contribution is 2.40. The lowest BCUT2D eigenvalue weighted by Crippen LogP contribution is -2.24. The zero-order valence-electron chi connectivity index (χ0n) is 21.3. The average molecular weight is 514 g/mol. The molecule has 1 aliphatic carbocycles. The second-order valence-corrected chi connectivity index (χ2v) is 10.3. The summed E-state index contributed by atoms with van der Waals surface area (Å²) in [5, 5.41) is 4.87. The predicted octanol–water partition coefficient (Wildman–Crippen LogP) is 6.13. The van der Waals surface area contributed by atoms with Gasteiger partial charge in [-0.25, -0.2) is 4.99 Å². The van der Waals surface area contributed by atoms with E-state index in [0.29, 0.717) is 18.7 Å². The van der Waals surface area contributed by atoms with E-state index in [2.05, 4.69) is 5.32 Å². The minimum atomic E-state index is -0.266. The third-order valence-electron chi connectivity index (χ3n) is 6.86. The molecule has 1 N–H and O–H groups in total. The van der Waals surface area contributed by atoms with Gasteiger partial charge in [0.05, 0.1) is 12.2 Å². The molecule has 0 saturated carbocycles. The van der Waals surface area contributed by atoms with Crippen molar-refractivity contribution in [2.45, 2.75) is 52.6 Å². The third kappa shape index (κ3) is 5.23. The van der Waals surface area contributed by atoms with Crippen LogP contribution < -0.4 is 5.32 Å². The van der Waals surface area contributed by atoms with Gasteiger partial charge in [-0.2, -0.15) is 0 Å². The van der Waals surface area contributed by atoms with Gasteiger partial charge in [0.1, 0.15) is 11.5 Å². The molecular formula is C30H31N3O3S. The van der Waals surface area contributed by atoms with E-state index in [1.165, 1.54) is 4.88 Å². The van der Waals surface area contributed by atoms with Crippen LogP contribution in [0.25, 0.3) is 10.9 Å². The van der Waals surface area contributed by atoms with Crippen molar-refractivity contribution < 1.29 is 14.3 Å². The fraction of sp³-hybridized carbons (Fsp3) is 0.300.